The normalized spacial score (nSPS) is 15.8. The first-order valence-electron chi connectivity index (χ1n) is 8.29. The molecule has 0 saturated carbocycles. The average Bonchev–Trinajstić information content (AvgIpc) is 2.89. The molecule has 0 aliphatic carbocycles. The summed E-state index contributed by atoms with van der Waals surface area (Å²) >= 11 is 12.5. The molecule has 134 valence electrons. The fourth-order valence-corrected chi connectivity index (χ4v) is 3.94. The molecule has 3 rings (SSSR count). The number of carbonyl (C=O) groups excluding carboxylic acids is 1. The Balaban J connectivity index is 1.70. The van der Waals surface area contributed by atoms with Crippen molar-refractivity contribution in [3.8, 4) is 5.75 Å². The van der Waals surface area contributed by atoms with Crippen LogP contribution >= 0.6 is 35.6 Å². The maximum absolute atomic E-state index is 12.4. The lowest BCUT2D eigenvalue weighted by Gasteiger charge is -2.12. The highest BCUT2D eigenvalue weighted by Gasteiger charge is 2.31. The van der Waals surface area contributed by atoms with Crippen molar-refractivity contribution in [3.05, 3.63) is 69.6 Å². The van der Waals surface area contributed by atoms with Gasteiger partial charge >= 0.3 is 0 Å². The van der Waals surface area contributed by atoms with Gasteiger partial charge in [-0.1, -0.05) is 66.8 Å². The summed E-state index contributed by atoms with van der Waals surface area (Å²) in [5.41, 5.74) is 1.95. The minimum absolute atomic E-state index is 0.0191. The Hall–Kier alpha value is -1.82. The summed E-state index contributed by atoms with van der Waals surface area (Å²) in [4.78, 5) is 14.8. The summed E-state index contributed by atoms with van der Waals surface area (Å²) in [6, 6.07) is 15.2. The van der Waals surface area contributed by atoms with Gasteiger partial charge in [0.1, 0.15) is 16.7 Å². The molecule has 0 aromatic heterocycles. The van der Waals surface area contributed by atoms with Gasteiger partial charge in [-0.15, -0.1) is 0 Å². The van der Waals surface area contributed by atoms with E-state index in [2.05, 4.69) is 0 Å². The number of hydrogen-bond donors (Lipinski definition) is 0. The van der Waals surface area contributed by atoms with Crippen molar-refractivity contribution in [3.63, 3.8) is 0 Å². The summed E-state index contributed by atoms with van der Waals surface area (Å²) in [5.74, 6) is 0.729. The van der Waals surface area contributed by atoms with Crippen LogP contribution < -0.4 is 4.74 Å². The van der Waals surface area contributed by atoms with Crippen LogP contribution in [0.3, 0.4) is 0 Å². The zero-order chi connectivity index (χ0) is 18.5. The van der Waals surface area contributed by atoms with Crippen molar-refractivity contribution in [2.24, 2.45) is 0 Å². The zero-order valence-electron chi connectivity index (χ0n) is 14.3. The first-order valence-corrected chi connectivity index (χ1v) is 9.90. The number of amides is 1. The number of nitrogens with zero attached hydrogens (tertiary/aromatic N) is 1. The van der Waals surface area contributed by atoms with Gasteiger partial charge in [-0.3, -0.25) is 9.69 Å². The van der Waals surface area contributed by atoms with Crippen LogP contribution in [0.5, 0.6) is 5.75 Å². The molecular weight excluding hydrogens is 386 g/mol. The fourth-order valence-electron chi connectivity index (χ4n) is 2.51. The van der Waals surface area contributed by atoms with Crippen LogP contribution in [0.1, 0.15) is 24.5 Å². The van der Waals surface area contributed by atoms with Crippen molar-refractivity contribution < 1.29 is 9.53 Å². The molecule has 1 amide bonds. The second-order valence-corrected chi connectivity index (χ2v) is 7.93. The number of rotatable bonds is 6. The molecule has 1 fully saturated rings. The lowest BCUT2D eigenvalue weighted by Crippen LogP contribution is -2.28. The third kappa shape index (κ3) is 4.67. The van der Waals surface area contributed by atoms with Crippen LogP contribution in [0.25, 0.3) is 6.08 Å². The van der Waals surface area contributed by atoms with E-state index < -0.39 is 0 Å². The van der Waals surface area contributed by atoms with E-state index in [0.717, 1.165) is 23.3 Å². The Kier molecular flexibility index (Phi) is 6.35. The van der Waals surface area contributed by atoms with Gasteiger partial charge in [-0.25, -0.2) is 0 Å². The third-order valence-electron chi connectivity index (χ3n) is 3.80. The molecule has 0 spiro atoms. The van der Waals surface area contributed by atoms with Gasteiger partial charge in [0.25, 0.3) is 5.91 Å². The summed E-state index contributed by atoms with van der Waals surface area (Å²) < 4.78 is 6.47. The lowest BCUT2D eigenvalue weighted by molar-refractivity contribution is -0.122. The van der Waals surface area contributed by atoms with Gasteiger partial charge in [0.15, 0.2) is 0 Å². The van der Waals surface area contributed by atoms with Crippen LogP contribution in [-0.2, 0) is 11.4 Å². The van der Waals surface area contributed by atoms with Crippen molar-refractivity contribution in [1.82, 2.24) is 4.90 Å². The highest BCUT2D eigenvalue weighted by atomic mass is 35.5. The summed E-state index contributed by atoms with van der Waals surface area (Å²) in [6.07, 6.45) is 2.75. The SMILES string of the molecule is CCCN1C(=O)/C(=C/c2cccc(OCc3ccc(Cl)cc3)c2)SC1=S. The van der Waals surface area contributed by atoms with Gasteiger partial charge < -0.3 is 4.74 Å². The van der Waals surface area contributed by atoms with Crippen molar-refractivity contribution in [2.45, 2.75) is 20.0 Å². The van der Waals surface area contributed by atoms with E-state index in [-0.39, 0.29) is 5.91 Å². The van der Waals surface area contributed by atoms with Gasteiger partial charge in [-0.05, 0) is 47.9 Å². The Morgan fingerprint density at radius 2 is 2.00 bits per heavy atom. The van der Waals surface area contributed by atoms with Crippen LogP contribution in [0, 0.1) is 0 Å². The average molecular weight is 404 g/mol. The van der Waals surface area contributed by atoms with E-state index >= 15 is 0 Å². The van der Waals surface area contributed by atoms with Crippen molar-refractivity contribution >= 4 is 51.9 Å². The first-order chi connectivity index (χ1) is 12.6. The van der Waals surface area contributed by atoms with E-state index in [9.17, 15) is 4.79 Å². The Labute approximate surface area is 168 Å². The maximum atomic E-state index is 12.4. The zero-order valence-corrected chi connectivity index (χ0v) is 16.7. The standard InChI is InChI=1S/C20H18ClNO2S2/c1-2-10-22-19(23)18(26-20(22)25)12-15-4-3-5-17(11-15)24-13-14-6-8-16(21)9-7-14/h3-9,11-12H,2,10,13H2,1H3/b18-12-. The molecule has 2 aromatic rings. The predicted octanol–water partition coefficient (Wildman–Crippen LogP) is 5.53. The number of benzene rings is 2. The fraction of sp³-hybridized carbons (Fsp3) is 0.200. The second-order valence-electron chi connectivity index (χ2n) is 5.82. The minimum Gasteiger partial charge on any atom is -0.489 e. The minimum atomic E-state index is -0.0191. The first kappa shape index (κ1) is 19.0. The van der Waals surface area contributed by atoms with Crippen molar-refractivity contribution in [2.75, 3.05) is 6.54 Å². The molecule has 0 N–H and O–H groups in total. The summed E-state index contributed by atoms with van der Waals surface area (Å²) in [6.45, 7) is 3.15. The number of hydrogen-bond acceptors (Lipinski definition) is 4. The number of thioether (sulfide) groups is 1. The van der Waals surface area contributed by atoms with Gasteiger partial charge in [0.05, 0.1) is 4.91 Å². The van der Waals surface area contributed by atoms with E-state index in [1.165, 1.54) is 11.8 Å². The van der Waals surface area contributed by atoms with Gasteiger partial charge in [0, 0.05) is 11.6 Å². The molecule has 26 heavy (non-hydrogen) atoms. The molecule has 6 heteroatoms. The lowest BCUT2D eigenvalue weighted by atomic mass is 10.2. The third-order valence-corrected chi connectivity index (χ3v) is 5.43. The van der Waals surface area contributed by atoms with E-state index in [1.807, 2.05) is 61.5 Å². The number of ether oxygens (including phenoxy) is 1. The van der Waals surface area contributed by atoms with Gasteiger partial charge in [-0.2, -0.15) is 0 Å². The monoisotopic (exact) mass is 403 g/mol. The summed E-state index contributed by atoms with van der Waals surface area (Å²) in [5, 5.41) is 0.705. The van der Waals surface area contributed by atoms with Crippen LogP contribution in [0.4, 0.5) is 0 Å². The molecule has 0 bridgehead atoms. The maximum Gasteiger partial charge on any atom is 0.266 e. The molecule has 1 aliphatic rings. The molecule has 1 aliphatic heterocycles. The largest absolute Gasteiger partial charge is 0.489 e. The smallest absolute Gasteiger partial charge is 0.266 e. The molecule has 1 heterocycles. The molecule has 3 nitrogen and oxygen atoms in total. The predicted molar refractivity (Wildman–Crippen MR) is 112 cm³/mol. The van der Waals surface area contributed by atoms with Crippen LogP contribution in [-0.4, -0.2) is 21.7 Å². The molecule has 1 saturated heterocycles. The van der Waals surface area contributed by atoms with Crippen LogP contribution in [0.15, 0.2) is 53.4 Å². The van der Waals surface area contributed by atoms with Gasteiger partial charge in [0.2, 0.25) is 0 Å². The number of halogens is 1. The Morgan fingerprint density at radius 1 is 1.23 bits per heavy atom. The van der Waals surface area contributed by atoms with E-state index in [0.29, 0.717) is 27.4 Å². The molecule has 2 aromatic carbocycles. The number of thiocarbonyl (C=S) groups is 1. The highest BCUT2D eigenvalue weighted by Crippen LogP contribution is 2.33. The number of carbonyl (C=O) groups is 1. The van der Waals surface area contributed by atoms with E-state index in [1.54, 1.807) is 4.90 Å². The molecule has 0 unspecified atom stereocenters. The van der Waals surface area contributed by atoms with Crippen LogP contribution in [0.2, 0.25) is 5.02 Å². The highest BCUT2D eigenvalue weighted by molar-refractivity contribution is 8.26. The van der Waals surface area contributed by atoms with Crippen molar-refractivity contribution in [1.29, 1.82) is 0 Å². The summed E-state index contributed by atoms with van der Waals surface area (Å²) in [7, 11) is 0. The Bertz CT molecular complexity index is 849. The second kappa shape index (κ2) is 8.71. The Morgan fingerprint density at radius 3 is 2.73 bits per heavy atom. The molecule has 0 radical (unpaired) electrons. The quantitative estimate of drug-likeness (QED) is 0.468. The topological polar surface area (TPSA) is 29.5 Å². The molecule has 0 atom stereocenters. The molecular formula is C20H18ClNO2S2. The van der Waals surface area contributed by atoms with E-state index in [4.69, 9.17) is 28.6 Å².